The van der Waals surface area contributed by atoms with Crippen LogP contribution in [0.4, 0.5) is 0 Å². The molecule has 4 aliphatic rings. The molecule has 11 N–H and O–H groups in total. The van der Waals surface area contributed by atoms with Gasteiger partial charge in [0.05, 0.1) is 32.8 Å². The molecule has 20 nitrogen and oxygen atoms in total. The first-order valence-electron chi connectivity index (χ1n) is 17.0. The maximum Gasteiger partial charge on any atom is 0.229 e. The van der Waals surface area contributed by atoms with Crippen LogP contribution >= 0.6 is 0 Å². The van der Waals surface area contributed by atoms with Gasteiger partial charge in [0.25, 0.3) is 0 Å². The fourth-order valence-electron chi connectivity index (χ4n) is 6.69. The molecule has 0 spiro atoms. The van der Waals surface area contributed by atoms with Gasteiger partial charge < -0.3 is 94.1 Å². The van der Waals surface area contributed by atoms with Crippen molar-refractivity contribution in [1.82, 2.24) is 0 Å². The van der Waals surface area contributed by atoms with E-state index in [9.17, 15) is 61.0 Å². The van der Waals surface area contributed by atoms with Gasteiger partial charge in [-0.2, -0.15) is 0 Å². The number of rotatable bonds is 10. The number of fused-ring (bicyclic) bond motifs is 1. The summed E-state index contributed by atoms with van der Waals surface area (Å²) in [5.41, 5.74) is 0.261. The minimum Gasteiger partial charge on any atom is -0.507 e. The van der Waals surface area contributed by atoms with Crippen molar-refractivity contribution in [3.05, 3.63) is 41.5 Å². The molecule has 16 atom stereocenters. The molecule has 4 aliphatic heterocycles. The Balaban J connectivity index is 1.24. The Morgan fingerprint density at radius 3 is 2.09 bits per heavy atom. The van der Waals surface area contributed by atoms with E-state index in [0.717, 1.165) is 6.07 Å². The average molecular weight is 773 g/mol. The van der Waals surface area contributed by atoms with Gasteiger partial charge in [0.2, 0.25) is 6.29 Å². The van der Waals surface area contributed by atoms with Crippen LogP contribution < -0.4 is 14.2 Å². The van der Waals surface area contributed by atoms with Gasteiger partial charge in [-0.05, 0) is 24.6 Å². The second-order valence-corrected chi connectivity index (χ2v) is 13.4. The van der Waals surface area contributed by atoms with Crippen molar-refractivity contribution < 1.29 is 98.9 Å². The van der Waals surface area contributed by atoms with Crippen molar-refractivity contribution in [3.63, 3.8) is 0 Å². The molecule has 20 heteroatoms. The van der Waals surface area contributed by atoms with Gasteiger partial charge in [-0.15, -0.1) is 0 Å². The van der Waals surface area contributed by atoms with E-state index in [1.807, 2.05) is 0 Å². The number of benzene rings is 2. The number of phenols is 2. The summed E-state index contributed by atoms with van der Waals surface area (Å²) in [4.78, 5) is 13.1. The van der Waals surface area contributed by atoms with E-state index in [2.05, 4.69) is 0 Å². The Morgan fingerprint density at radius 1 is 0.741 bits per heavy atom. The minimum atomic E-state index is -1.96. The second-order valence-electron chi connectivity index (χ2n) is 13.4. The molecule has 2 aromatic rings. The maximum absolute atomic E-state index is 13.1. The second kappa shape index (κ2) is 16.3. The van der Waals surface area contributed by atoms with Gasteiger partial charge in [-0.25, -0.2) is 0 Å². The van der Waals surface area contributed by atoms with Gasteiger partial charge >= 0.3 is 0 Å². The Labute approximate surface area is 306 Å². The van der Waals surface area contributed by atoms with E-state index in [-0.39, 0.29) is 35.0 Å². The number of aliphatic hydroxyl groups is 9. The first-order valence-corrected chi connectivity index (χ1v) is 17.0. The van der Waals surface area contributed by atoms with Crippen LogP contribution in [0.1, 0.15) is 35.4 Å². The van der Waals surface area contributed by atoms with E-state index < -0.39 is 123 Å². The number of methoxy groups -OCH3 is 1. The van der Waals surface area contributed by atoms with Crippen LogP contribution in [-0.4, -0.2) is 174 Å². The van der Waals surface area contributed by atoms with Crippen molar-refractivity contribution in [3.8, 4) is 28.7 Å². The molecule has 0 saturated carbocycles. The molecule has 0 radical (unpaired) electrons. The largest absolute Gasteiger partial charge is 0.507 e. The lowest BCUT2D eigenvalue weighted by Crippen LogP contribution is -2.65. The monoisotopic (exact) mass is 772 g/mol. The Hall–Kier alpha value is -3.45. The molecular weight excluding hydrogens is 728 g/mol. The normalized spacial score (nSPS) is 39.7. The van der Waals surface area contributed by atoms with Crippen LogP contribution in [0.5, 0.6) is 28.7 Å². The summed E-state index contributed by atoms with van der Waals surface area (Å²) in [6.07, 6.45) is -26.1. The molecule has 0 aromatic heterocycles. The van der Waals surface area contributed by atoms with Crippen LogP contribution in [0, 0.1) is 0 Å². The van der Waals surface area contributed by atoms with Crippen molar-refractivity contribution in [1.29, 1.82) is 0 Å². The number of ether oxygens (including phenoxy) is 8. The highest BCUT2D eigenvalue weighted by atomic mass is 16.8. The molecule has 300 valence electrons. The third-order valence-electron chi connectivity index (χ3n) is 9.81. The number of hydrogen-bond acceptors (Lipinski definition) is 20. The van der Waals surface area contributed by atoms with Gasteiger partial charge in [-0.1, -0.05) is 6.07 Å². The highest BCUT2D eigenvalue weighted by Gasteiger charge is 2.52. The molecule has 0 bridgehead atoms. The summed E-state index contributed by atoms with van der Waals surface area (Å²) in [5.74, 6) is -1.36. The predicted octanol–water partition coefficient (Wildman–Crippen LogP) is -3.33. The van der Waals surface area contributed by atoms with E-state index in [1.165, 1.54) is 32.2 Å². The SMILES string of the molecule is COc1ccc([C@@H]2CC(=O)c3c(O)cc(OC4OC(COC5OC(C)C(O)C(O)C5O)C(OC5OC(CO)C(O)C(O)C5O)C(O)C4O)cc3O2)cc1O. The first kappa shape index (κ1) is 40.2. The van der Waals surface area contributed by atoms with Crippen molar-refractivity contribution in [2.75, 3.05) is 20.3 Å². The first-order chi connectivity index (χ1) is 25.6. The minimum absolute atomic E-state index is 0.116. The fourth-order valence-corrected chi connectivity index (χ4v) is 6.69. The predicted molar refractivity (Wildman–Crippen MR) is 173 cm³/mol. The average Bonchev–Trinajstić information content (AvgIpc) is 3.14. The highest BCUT2D eigenvalue weighted by molar-refractivity contribution is 6.02. The topological polar surface area (TPSA) is 313 Å². The summed E-state index contributed by atoms with van der Waals surface area (Å²) in [7, 11) is 1.37. The molecule has 3 saturated heterocycles. The smallest absolute Gasteiger partial charge is 0.229 e. The number of hydrogen-bond donors (Lipinski definition) is 11. The summed E-state index contributed by atoms with van der Waals surface area (Å²) in [6, 6.07) is 6.71. The Bertz CT molecular complexity index is 1620. The number of carbonyl (C=O) groups is 1. The van der Waals surface area contributed by atoms with Crippen molar-refractivity contribution in [2.45, 2.75) is 112 Å². The molecule has 0 aliphatic carbocycles. The van der Waals surface area contributed by atoms with E-state index >= 15 is 0 Å². The number of carbonyl (C=O) groups excluding carboxylic acids is 1. The van der Waals surface area contributed by atoms with Crippen LogP contribution in [0.2, 0.25) is 0 Å². The molecule has 15 unspecified atom stereocenters. The molecular formula is C34H44O20. The van der Waals surface area contributed by atoms with Gasteiger partial charge in [0, 0.05) is 12.1 Å². The lowest BCUT2D eigenvalue weighted by Gasteiger charge is -2.46. The summed E-state index contributed by atoms with van der Waals surface area (Å²) in [5, 5.41) is 115. The number of ketones is 1. The van der Waals surface area contributed by atoms with Gasteiger partial charge in [0.1, 0.15) is 96.1 Å². The van der Waals surface area contributed by atoms with Crippen molar-refractivity contribution >= 4 is 5.78 Å². The quantitative estimate of drug-likeness (QED) is 0.112. The number of aliphatic hydroxyl groups excluding tert-OH is 9. The number of aromatic hydroxyl groups is 2. The third kappa shape index (κ3) is 7.81. The Morgan fingerprint density at radius 2 is 1.41 bits per heavy atom. The van der Waals surface area contributed by atoms with Crippen molar-refractivity contribution in [2.24, 2.45) is 0 Å². The van der Waals surface area contributed by atoms with Crippen LogP contribution in [0.3, 0.4) is 0 Å². The van der Waals surface area contributed by atoms with E-state index in [0.29, 0.717) is 5.56 Å². The van der Waals surface area contributed by atoms with E-state index in [4.69, 9.17) is 37.9 Å². The summed E-state index contributed by atoms with van der Waals surface area (Å²) in [6.45, 7) is -0.0296. The summed E-state index contributed by atoms with van der Waals surface area (Å²) >= 11 is 0. The molecule has 4 heterocycles. The van der Waals surface area contributed by atoms with Crippen LogP contribution in [0.25, 0.3) is 0 Å². The fraction of sp³-hybridized carbons (Fsp3) is 0.618. The van der Waals surface area contributed by atoms with Gasteiger partial charge in [0.15, 0.2) is 29.9 Å². The standard InChI is InChI=1S/C34H44O20/c1-11-23(39)25(41)28(44)32(49-11)48-10-21-31(54-34-29(45)26(42)24(40)20(9-35)52-34)27(43)30(46)33(53-21)50-13-6-15(37)22-16(38)8-18(51-19(22)7-13)12-3-4-17(47-2)14(36)5-12/h3-7,11,18,20-21,23-37,39-46H,8-10H2,1-2H3/t11?,18-,20?,21?,23?,24?,25?,26?,27?,28?,29?,30?,31?,32?,33?,34?/m0/s1. The lowest BCUT2D eigenvalue weighted by molar-refractivity contribution is -0.359. The molecule has 6 rings (SSSR count). The zero-order valence-electron chi connectivity index (χ0n) is 28.8. The van der Waals surface area contributed by atoms with E-state index in [1.54, 1.807) is 6.07 Å². The molecule has 54 heavy (non-hydrogen) atoms. The molecule has 3 fully saturated rings. The zero-order chi connectivity index (χ0) is 39.2. The van der Waals surface area contributed by atoms with Gasteiger partial charge in [-0.3, -0.25) is 4.79 Å². The summed E-state index contributed by atoms with van der Waals surface area (Å²) < 4.78 is 45.1. The highest BCUT2D eigenvalue weighted by Crippen LogP contribution is 2.44. The lowest BCUT2D eigenvalue weighted by atomic mass is 9.95. The Kier molecular flexibility index (Phi) is 12.2. The number of phenolic OH excluding ortho intramolecular Hbond substituents is 2. The van der Waals surface area contributed by atoms with Crippen LogP contribution in [0.15, 0.2) is 30.3 Å². The molecule has 0 amide bonds. The zero-order valence-corrected chi connectivity index (χ0v) is 28.8. The maximum atomic E-state index is 13.1. The van der Waals surface area contributed by atoms with Crippen LogP contribution in [-0.2, 0) is 23.7 Å². The third-order valence-corrected chi connectivity index (χ3v) is 9.81. The number of Topliss-reactive ketones (excluding diaryl/α,β-unsaturated/α-hetero) is 1. The molecule has 2 aromatic carbocycles.